The molecule has 5 N–H and O–H groups in total. The van der Waals surface area contributed by atoms with Gasteiger partial charge in [-0.2, -0.15) is 9.37 Å². The second-order valence-corrected chi connectivity index (χ2v) is 5.96. The van der Waals surface area contributed by atoms with Crippen LogP contribution in [0.15, 0.2) is 54.3 Å². The summed E-state index contributed by atoms with van der Waals surface area (Å²) in [7, 11) is 1.58. The van der Waals surface area contributed by atoms with Gasteiger partial charge in [-0.05, 0) is 43.5 Å². The van der Waals surface area contributed by atoms with E-state index in [1.807, 2.05) is 6.92 Å². The topological polar surface area (TPSA) is 125 Å². The average molecular weight is 395 g/mol. The molecule has 148 valence electrons. The maximum Gasteiger partial charge on any atom is 0.388 e. The van der Waals surface area contributed by atoms with Gasteiger partial charge in [0, 0.05) is 23.1 Å². The van der Waals surface area contributed by atoms with Gasteiger partial charge in [-0.3, -0.25) is 15.1 Å². The molecule has 3 rings (SSSR count). The van der Waals surface area contributed by atoms with E-state index in [4.69, 9.17) is 5.73 Å². The molecule has 9 nitrogen and oxygen atoms in total. The molecule has 0 unspecified atom stereocenters. The lowest BCUT2D eigenvalue weighted by molar-refractivity contribution is -0.635. The minimum atomic E-state index is -0.614. The second kappa shape index (κ2) is 8.30. The van der Waals surface area contributed by atoms with Gasteiger partial charge in [0.15, 0.2) is 5.52 Å². The van der Waals surface area contributed by atoms with Crippen LogP contribution in [0.1, 0.15) is 5.69 Å². The summed E-state index contributed by atoms with van der Waals surface area (Å²) < 4.78 is 16.0. The molecular weight excluding hydrogens is 375 g/mol. The Labute approximate surface area is 165 Å². The molecule has 0 saturated heterocycles. The van der Waals surface area contributed by atoms with Gasteiger partial charge in [-0.25, -0.2) is 5.10 Å². The third-order valence-electron chi connectivity index (χ3n) is 4.05. The summed E-state index contributed by atoms with van der Waals surface area (Å²) >= 11 is 0. The highest BCUT2D eigenvalue weighted by atomic mass is 19.1. The fourth-order valence-electron chi connectivity index (χ4n) is 2.71. The van der Waals surface area contributed by atoms with Crippen molar-refractivity contribution < 1.29 is 13.9 Å². The zero-order chi connectivity index (χ0) is 21.0. The Kier molecular flexibility index (Phi) is 5.63. The van der Waals surface area contributed by atoms with Crippen molar-refractivity contribution in [1.82, 2.24) is 15.1 Å². The number of anilines is 2. The van der Waals surface area contributed by atoms with Crippen LogP contribution in [0.2, 0.25) is 0 Å². The SMILES string of the molecule is C=CC(=O)Nc1ccc2c(c1)c(C)[nH][n+]2-c1nc(NC(/C=C\N)=NC)ncc1F. The first kappa shape index (κ1) is 19.7. The van der Waals surface area contributed by atoms with Crippen LogP contribution in [0.3, 0.4) is 0 Å². The first-order valence-corrected chi connectivity index (χ1v) is 8.59. The van der Waals surface area contributed by atoms with E-state index in [9.17, 15) is 9.18 Å². The van der Waals surface area contributed by atoms with Crippen LogP contribution in [0.5, 0.6) is 0 Å². The first-order valence-electron chi connectivity index (χ1n) is 8.59. The number of nitrogens with zero attached hydrogens (tertiary/aromatic N) is 4. The molecule has 2 aromatic heterocycles. The third-order valence-corrected chi connectivity index (χ3v) is 4.05. The van der Waals surface area contributed by atoms with Gasteiger partial charge in [0.1, 0.15) is 5.84 Å². The normalized spacial score (nSPS) is 11.8. The van der Waals surface area contributed by atoms with Gasteiger partial charge in [-0.1, -0.05) is 6.58 Å². The second-order valence-electron chi connectivity index (χ2n) is 5.96. The number of halogens is 1. The summed E-state index contributed by atoms with van der Waals surface area (Å²) in [6, 6.07) is 5.24. The van der Waals surface area contributed by atoms with E-state index in [1.54, 1.807) is 25.2 Å². The Morgan fingerprint density at radius 2 is 2.21 bits per heavy atom. The Morgan fingerprint density at radius 3 is 2.90 bits per heavy atom. The molecule has 0 radical (unpaired) electrons. The number of nitrogens with two attached hydrogens (primary N) is 1. The molecule has 0 spiro atoms. The van der Waals surface area contributed by atoms with E-state index in [1.165, 1.54) is 23.0 Å². The number of carbonyl (C=O) groups is 1. The van der Waals surface area contributed by atoms with Crippen molar-refractivity contribution >= 4 is 34.3 Å². The number of H-pyrrole nitrogens is 1. The van der Waals surface area contributed by atoms with Crippen molar-refractivity contribution in [2.24, 2.45) is 10.7 Å². The minimum absolute atomic E-state index is 0.0238. The Morgan fingerprint density at radius 1 is 1.41 bits per heavy atom. The van der Waals surface area contributed by atoms with E-state index in [-0.39, 0.29) is 17.7 Å². The predicted octanol–water partition coefficient (Wildman–Crippen LogP) is 1.72. The highest BCUT2D eigenvalue weighted by molar-refractivity contribution is 6.02. The van der Waals surface area contributed by atoms with Crippen molar-refractivity contribution in [2.75, 3.05) is 17.7 Å². The fraction of sp³-hybridized carbons (Fsp3) is 0.105. The van der Waals surface area contributed by atoms with E-state index in [0.717, 1.165) is 17.3 Å². The van der Waals surface area contributed by atoms with Crippen molar-refractivity contribution in [2.45, 2.75) is 6.92 Å². The van der Waals surface area contributed by atoms with Crippen molar-refractivity contribution in [3.63, 3.8) is 0 Å². The molecule has 3 aromatic rings. The van der Waals surface area contributed by atoms with Crippen LogP contribution in [0.25, 0.3) is 16.7 Å². The lowest BCUT2D eigenvalue weighted by Gasteiger charge is -2.02. The average Bonchev–Trinajstić information content (AvgIpc) is 3.04. The van der Waals surface area contributed by atoms with Crippen LogP contribution in [0, 0.1) is 12.7 Å². The summed E-state index contributed by atoms with van der Waals surface area (Å²) in [6.45, 7) is 5.27. The molecule has 0 atom stereocenters. The number of nitrogens with one attached hydrogen (secondary N) is 3. The van der Waals surface area contributed by atoms with E-state index in [2.05, 4.69) is 37.3 Å². The van der Waals surface area contributed by atoms with Crippen LogP contribution < -0.4 is 21.0 Å². The molecular formula is C19H20FN8O+. The quantitative estimate of drug-likeness (QED) is 0.227. The maximum absolute atomic E-state index is 14.5. The largest absolute Gasteiger partial charge is 0.404 e. The lowest BCUT2D eigenvalue weighted by Crippen LogP contribution is -2.36. The van der Waals surface area contributed by atoms with Gasteiger partial charge in [0.2, 0.25) is 11.7 Å². The van der Waals surface area contributed by atoms with Crippen LogP contribution in [0.4, 0.5) is 16.0 Å². The van der Waals surface area contributed by atoms with Gasteiger partial charge >= 0.3 is 11.8 Å². The van der Waals surface area contributed by atoms with Crippen LogP contribution >= 0.6 is 0 Å². The molecule has 0 fully saturated rings. The highest BCUT2D eigenvalue weighted by Crippen LogP contribution is 2.21. The summed E-state index contributed by atoms with van der Waals surface area (Å²) in [5, 5.41) is 9.45. The molecule has 1 amide bonds. The van der Waals surface area contributed by atoms with E-state index in [0.29, 0.717) is 17.0 Å². The Hall–Kier alpha value is -4.08. The van der Waals surface area contributed by atoms with Gasteiger partial charge in [0.25, 0.3) is 0 Å². The van der Waals surface area contributed by atoms with Crippen molar-refractivity contribution in [1.29, 1.82) is 0 Å². The number of amides is 1. The molecule has 2 heterocycles. The number of aromatic amines is 1. The zero-order valence-electron chi connectivity index (χ0n) is 15.9. The molecule has 0 bridgehead atoms. The first-order chi connectivity index (χ1) is 14.0. The number of hydrogen-bond acceptors (Lipinski definition) is 5. The fourth-order valence-corrected chi connectivity index (χ4v) is 2.71. The number of aliphatic imine (C=N–C) groups is 1. The number of aryl methyl sites for hydroxylation is 1. The number of aromatic nitrogens is 4. The summed E-state index contributed by atoms with van der Waals surface area (Å²) in [4.78, 5) is 23.7. The zero-order valence-corrected chi connectivity index (χ0v) is 15.9. The monoisotopic (exact) mass is 395 g/mol. The van der Waals surface area contributed by atoms with E-state index >= 15 is 0 Å². The van der Waals surface area contributed by atoms with Crippen LogP contribution in [-0.4, -0.2) is 33.9 Å². The number of rotatable bonds is 5. The van der Waals surface area contributed by atoms with Crippen molar-refractivity contribution in [3.8, 4) is 5.82 Å². The van der Waals surface area contributed by atoms with Crippen LogP contribution in [-0.2, 0) is 4.79 Å². The number of hydrogen-bond donors (Lipinski definition) is 4. The molecule has 10 heteroatoms. The highest BCUT2D eigenvalue weighted by Gasteiger charge is 2.24. The summed E-state index contributed by atoms with van der Waals surface area (Å²) in [5.74, 6) is -0.330. The smallest absolute Gasteiger partial charge is 0.388 e. The molecule has 1 aromatic carbocycles. The number of amidine groups is 1. The maximum atomic E-state index is 14.5. The number of benzene rings is 1. The third kappa shape index (κ3) is 4.10. The standard InChI is InChI=1S/C19H19FN8O/c1-4-17(29)24-12-5-6-15-13(9-12)11(2)27-28(15)18-14(20)10-23-19(26-18)25-16(22-3)7-8-21/h4-10H,1H2,2-3H3,(H4,21,22,23,24,25,26,29)/p+1. The Bertz CT molecular complexity index is 1150. The Balaban J connectivity index is 2.05. The molecule has 29 heavy (non-hydrogen) atoms. The van der Waals surface area contributed by atoms with Crippen molar-refractivity contribution in [3.05, 3.63) is 60.8 Å². The van der Waals surface area contributed by atoms with E-state index < -0.39 is 5.82 Å². The van der Waals surface area contributed by atoms with Gasteiger partial charge < -0.3 is 11.1 Å². The van der Waals surface area contributed by atoms with Gasteiger partial charge in [0.05, 0.1) is 11.9 Å². The number of carbonyl (C=O) groups excluding carboxylic acids is 1. The summed E-state index contributed by atoms with van der Waals surface area (Å²) in [6.07, 6.45) is 5.11. The molecule has 0 saturated carbocycles. The molecule has 0 aliphatic rings. The molecule has 0 aliphatic carbocycles. The number of fused-ring (bicyclic) bond motifs is 1. The summed E-state index contributed by atoms with van der Waals surface area (Å²) in [5.41, 5.74) is 7.42. The predicted molar refractivity (Wildman–Crippen MR) is 109 cm³/mol. The lowest BCUT2D eigenvalue weighted by atomic mass is 10.2. The molecule has 0 aliphatic heterocycles. The van der Waals surface area contributed by atoms with Gasteiger partial charge in [-0.15, -0.1) is 4.68 Å². The minimum Gasteiger partial charge on any atom is -0.404 e.